The number of rotatable bonds is 16. The number of esters is 1. The van der Waals surface area contributed by atoms with Gasteiger partial charge in [-0.2, -0.15) is 13.2 Å². The lowest BCUT2D eigenvalue weighted by molar-refractivity contribution is -0.149. The molecule has 278 valence electrons. The normalized spacial score (nSPS) is 19.6. The van der Waals surface area contributed by atoms with Gasteiger partial charge in [0.2, 0.25) is 5.91 Å². The summed E-state index contributed by atoms with van der Waals surface area (Å²) < 4.78 is 45.1. The molecule has 2 fully saturated rings. The highest BCUT2D eigenvalue weighted by Gasteiger charge is 2.54. The lowest BCUT2D eigenvalue weighted by atomic mass is 9.88. The fraction of sp³-hybridized carbons (Fsp3) is 0.714. The number of ketones is 1. The number of alkyl halides is 3. The van der Waals surface area contributed by atoms with E-state index in [0.29, 0.717) is 24.3 Å². The fourth-order valence-electron chi connectivity index (χ4n) is 6.88. The van der Waals surface area contributed by atoms with Crippen molar-refractivity contribution in [2.45, 2.75) is 123 Å². The lowest BCUT2D eigenvalue weighted by Gasteiger charge is -2.36. The Balaban J connectivity index is 1.46. The Bertz CT molecular complexity index is 1510. The standard InChI is InChI=1S/C35H50F3N5O5S2/c1-20(2)14-23(15-30-41-29(19-49-30)35(36,37)38)39-31(46)24-18-50-32(40-24)28(48-22(5)44)16-26(21(3)4)43(7)33(47)34(11-12-34)17-27(45)25-10-8-9-13-42(25)6/h18-21,23,25-26,28H,8-17H2,1-7H3,(H,39,46)/t23-,25-,26-,28-/m1/s1. The molecule has 1 saturated heterocycles. The molecule has 4 atom stereocenters. The summed E-state index contributed by atoms with van der Waals surface area (Å²) in [4.78, 5) is 65.0. The Morgan fingerprint density at radius 3 is 2.34 bits per heavy atom. The first-order valence-corrected chi connectivity index (χ1v) is 19.1. The van der Waals surface area contributed by atoms with Crippen molar-refractivity contribution in [3.63, 3.8) is 0 Å². The first-order valence-electron chi connectivity index (χ1n) is 17.4. The minimum absolute atomic E-state index is 0.0266. The van der Waals surface area contributed by atoms with E-state index < -0.39 is 41.3 Å². The van der Waals surface area contributed by atoms with Crippen LogP contribution in [0.25, 0.3) is 0 Å². The Labute approximate surface area is 300 Å². The molecule has 0 spiro atoms. The second-order valence-corrected chi connectivity index (χ2v) is 16.5. The maximum atomic E-state index is 14.0. The molecule has 15 heteroatoms. The number of halogens is 3. The Hall–Kier alpha value is -2.91. The van der Waals surface area contributed by atoms with E-state index in [1.807, 2.05) is 34.7 Å². The minimum atomic E-state index is -4.54. The SMILES string of the molecule is CC(=O)O[C@H](C[C@H](C(C)C)N(C)C(=O)C1(CC(=O)[C@H]2CCCCN2C)CC1)c1nc(C(=O)N[C@@H](Cc2nc(C(F)(F)F)cs2)CC(C)C)cs1. The third-order valence-electron chi connectivity index (χ3n) is 9.70. The van der Waals surface area contributed by atoms with Gasteiger partial charge < -0.3 is 15.0 Å². The molecule has 0 unspecified atom stereocenters. The summed E-state index contributed by atoms with van der Waals surface area (Å²) in [5.74, 6) is -0.872. The van der Waals surface area contributed by atoms with Crippen LogP contribution in [0.2, 0.25) is 0 Å². The maximum absolute atomic E-state index is 14.0. The number of nitrogens with one attached hydrogen (secondary N) is 1. The van der Waals surface area contributed by atoms with Crippen molar-refractivity contribution in [1.29, 1.82) is 0 Å². The van der Waals surface area contributed by atoms with Crippen molar-refractivity contribution in [3.05, 3.63) is 32.2 Å². The molecule has 4 rings (SSSR count). The zero-order valence-corrected chi connectivity index (χ0v) is 31.6. The van der Waals surface area contributed by atoms with Crippen molar-refractivity contribution < 1.29 is 37.1 Å². The summed E-state index contributed by atoms with van der Waals surface area (Å²) in [6, 6.07) is -0.984. The number of carbonyl (C=O) groups is 4. The summed E-state index contributed by atoms with van der Waals surface area (Å²) in [5.41, 5.74) is -1.56. The van der Waals surface area contributed by atoms with Crippen LogP contribution >= 0.6 is 22.7 Å². The average Bonchev–Trinajstić information content (AvgIpc) is 3.39. The van der Waals surface area contributed by atoms with Crippen LogP contribution in [0.4, 0.5) is 13.2 Å². The molecule has 1 saturated carbocycles. The molecule has 0 aromatic carbocycles. The van der Waals surface area contributed by atoms with Crippen LogP contribution in [0.15, 0.2) is 10.8 Å². The zero-order chi connectivity index (χ0) is 37.0. The smallest absolute Gasteiger partial charge is 0.434 e. The molecule has 0 bridgehead atoms. The molecule has 2 amide bonds. The van der Waals surface area contributed by atoms with E-state index >= 15 is 0 Å². The van der Waals surface area contributed by atoms with E-state index in [9.17, 15) is 32.3 Å². The third kappa shape index (κ3) is 10.3. The van der Waals surface area contributed by atoms with Crippen LogP contribution in [-0.2, 0) is 31.7 Å². The number of likely N-dealkylation sites (N-methyl/N-ethyl adjacent to an activating group) is 1. The number of likely N-dealkylation sites (tertiary alicyclic amines) is 1. The van der Waals surface area contributed by atoms with Crippen LogP contribution in [0.1, 0.15) is 118 Å². The Morgan fingerprint density at radius 1 is 1.08 bits per heavy atom. The van der Waals surface area contributed by atoms with E-state index in [-0.39, 0.29) is 65.6 Å². The molecule has 2 aromatic rings. The minimum Gasteiger partial charge on any atom is -0.455 e. The molecule has 1 aliphatic carbocycles. The number of nitrogens with zero attached hydrogens (tertiary/aromatic N) is 4. The van der Waals surface area contributed by atoms with Gasteiger partial charge in [-0.1, -0.05) is 34.1 Å². The van der Waals surface area contributed by atoms with Gasteiger partial charge in [0.15, 0.2) is 17.6 Å². The van der Waals surface area contributed by atoms with Gasteiger partial charge in [-0.25, -0.2) is 9.97 Å². The van der Waals surface area contributed by atoms with Crippen LogP contribution in [0, 0.1) is 17.3 Å². The van der Waals surface area contributed by atoms with Crippen LogP contribution in [-0.4, -0.2) is 82.1 Å². The van der Waals surface area contributed by atoms with Crippen molar-refractivity contribution in [1.82, 2.24) is 25.1 Å². The number of ether oxygens (including phenoxy) is 1. The lowest BCUT2D eigenvalue weighted by Crippen LogP contribution is -2.47. The summed E-state index contributed by atoms with van der Waals surface area (Å²) >= 11 is 2.06. The number of aromatic nitrogens is 2. The topological polar surface area (TPSA) is 122 Å². The summed E-state index contributed by atoms with van der Waals surface area (Å²) in [5, 5.41) is 6.11. The van der Waals surface area contributed by atoms with E-state index in [1.165, 1.54) is 6.92 Å². The molecule has 2 aromatic heterocycles. The third-order valence-corrected chi connectivity index (χ3v) is 11.5. The van der Waals surface area contributed by atoms with E-state index in [2.05, 4.69) is 20.2 Å². The van der Waals surface area contributed by atoms with Gasteiger partial charge in [-0.3, -0.25) is 24.1 Å². The fourth-order valence-corrected chi connectivity index (χ4v) is 8.60. The molecule has 2 aliphatic rings. The quantitative estimate of drug-likeness (QED) is 0.189. The van der Waals surface area contributed by atoms with Gasteiger partial charge in [0, 0.05) is 56.1 Å². The number of thiazole rings is 2. The van der Waals surface area contributed by atoms with Gasteiger partial charge in [-0.15, -0.1) is 22.7 Å². The molecule has 10 nitrogen and oxygen atoms in total. The first kappa shape index (κ1) is 39.9. The zero-order valence-electron chi connectivity index (χ0n) is 30.0. The number of piperidine rings is 1. The van der Waals surface area contributed by atoms with Crippen molar-refractivity contribution in [2.24, 2.45) is 17.3 Å². The van der Waals surface area contributed by atoms with Gasteiger partial charge >= 0.3 is 12.1 Å². The van der Waals surface area contributed by atoms with E-state index in [0.717, 1.165) is 53.9 Å². The van der Waals surface area contributed by atoms with Gasteiger partial charge in [0.25, 0.3) is 5.91 Å². The highest BCUT2D eigenvalue weighted by atomic mass is 32.1. The Morgan fingerprint density at radius 2 is 1.78 bits per heavy atom. The first-order chi connectivity index (χ1) is 23.4. The molecule has 50 heavy (non-hydrogen) atoms. The second-order valence-electron chi connectivity index (χ2n) is 14.7. The number of amides is 2. The maximum Gasteiger partial charge on any atom is 0.434 e. The summed E-state index contributed by atoms with van der Waals surface area (Å²) in [7, 11) is 3.71. The van der Waals surface area contributed by atoms with Crippen molar-refractivity contribution in [2.75, 3.05) is 20.6 Å². The van der Waals surface area contributed by atoms with Crippen LogP contribution < -0.4 is 5.32 Å². The molecular weight excluding hydrogens is 692 g/mol. The molecule has 1 aliphatic heterocycles. The van der Waals surface area contributed by atoms with Crippen molar-refractivity contribution >= 4 is 46.2 Å². The highest BCUT2D eigenvalue weighted by molar-refractivity contribution is 7.10. The van der Waals surface area contributed by atoms with Crippen molar-refractivity contribution in [3.8, 4) is 0 Å². The van der Waals surface area contributed by atoms with Gasteiger partial charge in [0.05, 0.1) is 16.5 Å². The largest absolute Gasteiger partial charge is 0.455 e. The molecule has 0 radical (unpaired) electrons. The van der Waals surface area contributed by atoms with Crippen LogP contribution in [0.5, 0.6) is 0 Å². The summed E-state index contributed by atoms with van der Waals surface area (Å²) in [6.07, 6.45) is -0.0576. The monoisotopic (exact) mass is 741 g/mol. The number of carbonyl (C=O) groups excluding carboxylic acids is 4. The van der Waals surface area contributed by atoms with Gasteiger partial charge in [-0.05, 0) is 57.5 Å². The molecular formula is C35H50F3N5O5S2. The predicted molar refractivity (Wildman–Crippen MR) is 186 cm³/mol. The van der Waals surface area contributed by atoms with E-state index in [1.54, 1.807) is 17.3 Å². The predicted octanol–water partition coefficient (Wildman–Crippen LogP) is 6.71. The summed E-state index contributed by atoms with van der Waals surface area (Å²) in [6.45, 7) is 10.0. The Kier molecular flexibility index (Phi) is 13.3. The van der Waals surface area contributed by atoms with Crippen LogP contribution in [0.3, 0.4) is 0 Å². The highest BCUT2D eigenvalue weighted by Crippen LogP contribution is 2.51. The number of hydrogen-bond acceptors (Lipinski definition) is 10. The molecule has 1 N–H and O–H groups in total. The average molecular weight is 742 g/mol. The number of Topliss-reactive ketones (excluding diaryl/α,β-unsaturated/α-hetero) is 1. The van der Waals surface area contributed by atoms with E-state index in [4.69, 9.17) is 4.74 Å². The van der Waals surface area contributed by atoms with Gasteiger partial charge in [0.1, 0.15) is 10.7 Å². The second kappa shape index (κ2) is 16.6. The molecule has 3 heterocycles. The number of hydrogen-bond donors (Lipinski definition) is 1.